The molecule has 0 aliphatic carbocycles. The van der Waals surface area contributed by atoms with Crippen LogP contribution >= 0.6 is 0 Å². The van der Waals surface area contributed by atoms with E-state index < -0.39 is 23.5 Å². The second-order valence-electron chi connectivity index (χ2n) is 3.09. The summed E-state index contributed by atoms with van der Waals surface area (Å²) in [5, 5.41) is 2.23. The summed E-state index contributed by atoms with van der Waals surface area (Å²) in [6.45, 7) is 1.56. The number of anilines is 1. The number of alkyl halides is 3. The van der Waals surface area contributed by atoms with Crippen LogP contribution in [-0.4, -0.2) is 5.91 Å². The molecule has 6 heteroatoms. The lowest BCUT2D eigenvalue weighted by molar-refractivity contribution is -0.140. The molecule has 0 fully saturated rings. The predicted molar refractivity (Wildman–Crippen MR) is 50.3 cm³/mol. The van der Waals surface area contributed by atoms with Crippen LogP contribution in [0.2, 0.25) is 0 Å². The van der Waals surface area contributed by atoms with Crippen LogP contribution < -0.4 is 5.32 Å². The highest BCUT2D eigenvalue weighted by atomic mass is 19.4. The van der Waals surface area contributed by atoms with Gasteiger partial charge in [0.15, 0.2) is 0 Å². The third kappa shape index (κ3) is 2.95. The average molecular weight is 235 g/mol. The van der Waals surface area contributed by atoms with Gasteiger partial charge in [0.1, 0.15) is 5.82 Å². The number of rotatable bonds is 2. The van der Waals surface area contributed by atoms with Crippen LogP contribution in [0.1, 0.15) is 18.9 Å². The minimum atomic E-state index is -4.77. The Kier molecular flexibility index (Phi) is 3.51. The van der Waals surface area contributed by atoms with Crippen molar-refractivity contribution in [1.82, 2.24) is 0 Å². The second kappa shape index (κ2) is 4.51. The molecule has 0 atom stereocenters. The molecule has 1 rings (SSSR count). The maximum absolute atomic E-state index is 12.9. The van der Waals surface area contributed by atoms with Crippen molar-refractivity contribution in [3.63, 3.8) is 0 Å². The summed E-state index contributed by atoms with van der Waals surface area (Å²) in [5.41, 5.74) is -1.46. The molecule has 2 nitrogen and oxygen atoms in total. The molecule has 0 aromatic heterocycles. The van der Waals surface area contributed by atoms with Gasteiger partial charge in [0.05, 0.1) is 5.56 Å². The van der Waals surface area contributed by atoms with Crippen LogP contribution in [0.3, 0.4) is 0 Å². The molecule has 0 radical (unpaired) electrons. The van der Waals surface area contributed by atoms with E-state index in [0.29, 0.717) is 12.1 Å². The lowest BCUT2D eigenvalue weighted by Crippen LogP contribution is -2.12. The van der Waals surface area contributed by atoms with E-state index in [-0.39, 0.29) is 12.1 Å². The lowest BCUT2D eigenvalue weighted by atomic mass is 10.2. The Morgan fingerprint density at radius 1 is 1.38 bits per heavy atom. The molecule has 1 amide bonds. The monoisotopic (exact) mass is 235 g/mol. The fourth-order valence-corrected chi connectivity index (χ4v) is 1.07. The molecule has 1 aromatic carbocycles. The van der Waals surface area contributed by atoms with Crippen molar-refractivity contribution in [2.75, 3.05) is 5.32 Å². The minimum absolute atomic E-state index is 0.0689. The summed E-state index contributed by atoms with van der Waals surface area (Å²) >= 11 is 0. The van der Waals surface area contributed by atoms with Gasteiger partial charge in [-0.05, 0) is 18.2 Å². The highest BCUT2D eigenvalue weighted by molar-refractivity contribution is 5.90. The molecule has 0 aliphatic rings. The first-order chi connectivity index (χ1) is 7.34. The zero-order valence-corrected chi connectivity index (χ0v) is 8.36. The van der Waals surface area contributed by atoms with E-state index in [9.17, 15) is 22.4 Å². The molecule has 0 unspecified atom stereocenters. The summed E-state index contributed by atoms with van der Waals surface area (Å²) in [4.78, 5) is 10.9. The Morgan fingerprint density at radius 2 is 2.00 bits per heavy atom. The third-order valence-corrected chi connectivity index (χ3v) is 1.88. The number of benzene rings is 1. The van der Waals surface area contributed by atoms with Crippen molar-refractivity contribution < 1.29 is 22.4 Å². The van der Waals surface area contributed by atoms with Gasteiger partial charge >= 0.3 is 6.18 Å². The molecule has 0 spiro atoms. The molecule has 88 valence electrons. The zero-order chi connectivity index (χ0) is 12.3. The molecular weight excluding hydrogens is 226 g/mol. The Morgan fingerprint density at radius 3 is 2.50 bits per heavy atom. The van der Waals surface area contributed by atoms with Gasteiger partial charge in [-0.1, -0.05) is 6.92 Å². The van der Waals surface area contributed by atoms with Crippen LogP contribution in [0.4, 0.5) is 23.2 Å². The van der Waals surface area contributed by atoms with Crippen molar-refractivity contribution >= 4 is 11.6 Å². The lowest BCUT2D eigenvalue weighted by Gasteiger charge is -2.10. The van der Waals surface area contributed by atoms with Gasteiger partial charge in [0, 0.05) is 12.1 Å². The predicted octanol–water partition coefficient (Wildman–Crippen LogP) is 3.19. The standard InChI is InChI=1S/C10H9F4NO/c1-2-9(16)15-6-3-4-8(11)7(5-6)10(12,13)14/h3-5H,2H2,1H3,(H,15,16). The number of nitrogens with one attached hydrogen (secondary N) is 1. The minimum Gasteiger partial charge on any atom is -0.326 e. The van der Waals surface area contributed by atoms with Crippen LogP contribution in [-0.2, 0) is 11.0 Å². The number of carbonyl (C=O) groups is 1. The average Bonchev–Trinajstić information content (AvgIpc) is 2.19. The summed E-state index contributed by atoms with van der Waals surface area (Å²) in [5.74, 6) is -1.79. The Bertz CT molecular complexity index is 400. The van der Waals surface area contributed by atoms with Crippen LogP contribution in [0.15, 0.2) is 18.2 Å². The van der Waals surface area contributed by atoms with Gasteiger partial charge in [-0.2, -0.15) is 13.2 Å². The molecule has 1 N–H and O–H groups in total. The Labute approximate surface area is 89.3 Å². The molecule has 0 bridgehead atoms. The van der Waals surface area contributed by atoms with Crippen LogP contribution in [0.25, 0.3) is 0 Å². The summed E-state index contributed by atoms with van der Waals surface area (Å²) in [6.07, 6.45) is -4.63. The molecule has 0 heterocycles. The van der Waals surface area contributed by atoms with Gasteiger partial charge in [-0.25, -0.2) is 4.39 Å². The molecule has 0 aliphatic heterocycles. The van der Waals surface area contributed by atoms with Gasteiger partial charge in [-0.3, -0.25) is 4.79 Å². The highest BCUT2D eigenvalue weighted by Crippen LogP contribution is 2.32. The van der Waals surface area contributed by atoms with Gasteiger partial charge < -0.3 is 5.32 Å². The largest absolute Gasteiger partial charge is 0.419 e. The first kappa shape index (κ1) is 12.5. The van der Waals surface area contributed by atoms with Crippen molar-refractivity contribution in [3.05, 3.63) is 29.6 Å². The van der Waals surface area contributed by atoms with Crippen molar-refractivity contribution in [1.29, 1.82) is 0 Å². The van der Waals surface area contributed by atoms with Crippen LogP contribution in [0.5, 0.6) is 0 Å². The fraction of sp³-hybridized carbons (Fsp3) is 0.300. The Hall–Kier alpha value is -1.59. The zero-order valence-electron chi connectivity index (χ0n) is 8.36. The fourth-order valence-electron chi connectivity index (χ4n) is 1.07. The van der Waals surface area contributed by atoms with Crippen molar-refractivity contribution in [2.24, 2.45) is 0 Å². The molecular formula is C10H9F4NO. The van der Waals surface area contributed by atoms with Gasteiger partial charge in [0.2, 0.25) is 5.91 Å². The first-order valence-corrected chi connectivity index (χ1v) is 4.51. The van der Waals surface area contributed by atoms with E-state index in [0.717, 1.165) is 6.07 Å². The smallest absolute Gasteiger partial charge is 0.326 e. The topological polar surface area (TPSA) is 29.1 Å². The number of carbonyl (C=O) groups excluding carboxylic acids is 1. The number of hydrogen-bond donors (Lipinski definition) is 1. The number of hydrogen-bond acceptors (Lipinski definition) is 1. The maximum Gasteiger partial charge on any atom is 0.419 e. The van der Waals surface area contributed by atoms with E-state index in [1.807, 2.05) is 0 Å². The molecule has 0 saturated heterocycles. The maximum atomic E-state index is 12.9. The third-order valence-electron chi connectivity index (χ3n) is 1.88. The van der Waals surface area contributed by atoms with Crippen molar-refractivity contribution in [3.8, 4) is 0 Å². The Balaban J connectivity index is 3.03. The molecule has 0 saturated carbocycles. The summed E-state index contributed by atoms with van der Waals surface area (Å²) in [6, 6.07) is 2.33. The first-order valence-electron chi connectivity index (χ1n) is 4.51. The van der Waals surface area contributed by atoms with E-state index in [2.05, 4.69) is 5.32 Å². The molecule has 1 aromatic rings. The summed E-state index contributed by atoms with van der Waals surface area (Å²) < 4.78 is 49.7. The number of amides is 1. The van der Waals surface area contributed by atoms with E-state index in [1.165, 1.54) is 0 Å². The van der Waals surface area contributed by atoms with E-state index >= 15 is 0 Å². The highest BCUT2D eigenvalue weighted by Gasteiger charge is 2.34. The van der Waals surface area contributed by atoms with Crippen molar-refractivity contribution in [2.45, 2.75) is 19.5 Å². The van der Waals surface area contributed by atoms with Gasteiger partial charge in [0.25, 0.3) is 0 Å². The second-order valence-corrected chi connectivity index (χ2v) is 3.09. The normalized spacial score (nSPS) is 11.3. The quantitative estimate of drug-likeness (QED) is 0.783. The molecule has 16 heavy (non-hydrogen) atoms. The summed E-state index contributed by atoms with van der Waals surface area (Å²) in [7, 11) is 0. The van der Waals surface area contributed by atoms with Crippen LogP contribution in [0, 0.1) is 5.82 Å². The van der Waals surface area contributed by atoms with Gasteiger partial charge in [-0.15, -0.1) is 0 Å². The SMILES string of the molecule is CCC(=O)Nc1ccc(F)c(C(F)(F)F)c1. The number of halogens is 4. The van der Waals surface area contributed by atoms with E-state index in [4.69, 9.17) is 0 Å². The van der Waals surface area contributed by atoms with E-state index in [1.54, 1.807) is 6.92 Å².